The molecule has 9 rings (SSSR count). The van der Waals surface area contributed by atoms with Gasteiger partial charge in [0.25, 0.3) is 0 Å². The van der Waals surface area contributed by atoms with Crippen LogP contribution in [0.5, 0.6) is 0 Å². The van der Waals surface area contributed by atoms with Crippen molar-refractivity contribution in [2.45, 2.75) is 40.5 Å². The first-order valence-electron chi connectivity index (χ1n) is 18.1. The summed E-state index contributed by atoms with van der Waals surface area (Å²) in [7, 11) is 0. The molecule has 0 spiro atoms. The van der Waals surface area contributed by atoms with Gasteiger partial charge in [0.05, 0.1) is 16.6 Å². The molecule has 2 nitrogen and oxygen atoms in total. The quantitative estimate of drug-likeness (QED) is 0.157. The monoisotopic (exact) mass is 658 g/mol. The number of nitrogens with zero attached hydrogens (tertiary/aromatic N) is 2. The third-order valence-corrected chi connectivity index (χ3v) is 10.4. The SMILES string of the molecule is C/C=C\C=C/c1cc2ccccc2n1-c1ccc2c(c1)-c1cc(-c3ccc4c(c3)c3cc(CC(C)(C)C)ccc3n4-c3ccccc3)ccc1C2. The summed E-state index contributed by atoms with van der Waals surface area (Å²) < 4.78 is 4.81. The molecule has 0 aliphatic heterocycles. The number of hydrogen-bond donors (Lipinski definition) is 0. The summed E-state index contributed by atoms with van der Waals surface area (Å²) in [5, 5.41) is 3.85. The van der Waals surface area contributed by atoms with E-state index in [0.717, 1.165) is 12.8 Å². The summed E-state index contributed by atoms with van der Waals surface area (Å²) in [5.74, 6) is 0. The van der Waals surface area contributed by atoms with E-state index in [9.17, 15) is 0 Å². The van der Waals surface area contributed by atoms with Crippen LogP contribution < -0.4 is 0 Å². The van der Waals surface area contributed by atoms with Gasteiger partial charge in [0.2, 0.25) is 0 Å². The van der Waals surface area contributed by atoms with E-state index in [-0.39, 0.29) is 5.41 Å². The number of rotatable bonds is 6. The smallest absolute Gasteiger partial charge is 0.0541 e. The highest BCUT2D eigenvalue weighted by Crippen LogP contribution is 2.42. The molecule has 2 aromatic heterocycles. The fourth-order valence-electron chi connectivity index (χ4n) is 8.15. The minimum absolute atomic E-state index is 0.219. The number of allylic oxidation sites excluding steroid dienone is 3. The Hall–Kier alpha value is -5.86. The van der Waals surface area contributed by atoms with E-state index < -0.39 is 0 Å². The molecule has 0 unspecified atom stereocenters. The fraction of sp³-hybridized carbons (Fsp3) is 0.143. The van der Waals surface area contributed by atoms with E-state index in [1.165, 1.54) is 88.7 Å². The highest BCUT2D eigenvalue weighted by atomic mass is 15.0. The zero-order valence-corrected chi connectivity index (χ0v) is 29.8. The van der Waals surface area contributed by atoms with E-state index >= 15 is 0 Å². The number of hydrogen-bond acceptors (Lipinski definition) is 0. The van der Waals surface area contributed by atoms with Crippen LogP contribution in [0.3, 0.4) is 0 Å². The number of fused-ring (bicyclic) bond motifs is 7. The first-order chi connectivity index (χ1) is 24.8. The summed E-state index contributed by atoms with van der Waals surface area (Å²) in [5.41, 5.74) is 16.8. The first-order valence-corrected chi connectivity index (χ1v) is 18.1. The van der Waals surface area contributed by atoms with Gasteiger partial charge in [-0.15, -0.1) is 0 Å². The Kier molecular flexibility index (Phi) is 7.44. The van der Waals surface area contributed by atoms with Gasteiger partial charge in [0, 0.05) is 33.2 Å². The molecule has 51 heavy (non-hydrogen) atoms. The number of aromatic nitrogens is 2. The molecular weight excluding hydrogens is 617 g/mol. The van der Waals surface area contributed by atoms with Crippen molar-refractivity contribution in [2.24, 2.45) is 5.41 Å². The Balaban J connectivity index is 1.17. The average molecular weight is 659 g/mol. The summed E-state index contributed by atoms with van der Waals surface area (Å²) >= 11 is 0. The molecule has 0 saturated heterocycles. The summed E-state index contributed by atoms with van der Waals surface area (Å²) in [6.45, 7) is 9.01. The lowest BCUT2D eigenvalue weighted by molar-refractivity contribution is 0.411. The van der Waals surface area contributed by atoms with Crippen LogP contribution in [0.1, 0.15) is 50.1 Å². The van der Waals surface area contributed by atoms with Crippen LogP contribution in [0.25, 0.3) is 72.4 Å². The molecule has 0 saturated carbocycles. The molecule has 248 valence electrons. The second kappa shape index (κ2) is 12.2. The second-order valence-electron chi connectivity index (χ2n) is 15.2. The summed E-state index contributed by atoms with van der Waals surface area (Å²) in [6, 6.07) is 49.9. The third kappa shape index (κ3) is 5.52. The van der Waals surface area contributed by atoms with E-state index in [1.54, 1.807) is 0 Å². The van der Waals surface area contributed by atoms with E-state index in [4.69, 9.17) is 0 Å². The molecular formula is C49H42N2. The molecule has 0 amide bonds. The van der Waals surface area contributed by atoms with E-state index in [0.29, 0.717) is 0 Å². The summed E-state index contributed by atoms with van der Waals surface area (Å²) in [4.78, 5) is 0. The normalized spacial score (nSPS) is 12.9. The Morgan fingerprint density at radius 3 is 2.06 bits per heavy atom. The van der Waals surface area contributed by atoms with Crippen molar-refractivity contribution in [1.82, 2.24) is 9.13 Å². The minimum Gasteiger partial charge on any atom is -0.310 e. The lowest BCUT2D eigenvalue weighted by Gasteiger charge is -2.18. The molecule has 0 fully saturated rings. The van der Waals surface area contributed by atoms with Crippen LogP contribution in [-0.2, 0) is 12.8 Å². The molecule has 0 radical (unpaired) electrons. The van der Waals surface area contributed by atoms with E-state index in [1.807, 2.05) is 0 Å². The number of benzene rings is 6. The van der Waals surface area contributed by atoms with Crippen molar-refractivity contribution in [3.05, 3.63) is 174 Å². The van der Waals surface area contributed by atoms with Crippen LogP contribution in [-0.4, -0.2) is 9.13 Å². The third-order valence-electron chi connectivity index (χ3n) is 10.4. The first kappa shape index (κ1) is 31.1. The van der Waals surface area contributed by atoms with Crippen LogP contribution in [0.15, 0.2) is 152 Å². The van der Waals surface area contributed by atoms with Gasteiger partial charge in [-0.05, 0) is 137 Å². The Labute approximate surface area is 300 Å². The van der Waals surface area contributed by atoms with Gasteiger partial charge >= 0.3 is 0 Å². The Morgan fingerprint density at radius 1 is 0.569 bits per heavy atom. The largest absolute Gasteiger partial charge is 0.310 e. The van der Waals surface area contributed by atoms with Gasteiger partial charge in [-0.2, -0.15) is 0 Å². The molecule has 0 atom stereocenters. The second-order valence-corrected chi connectivity index (χ2v) is 15.2. The topological polar surface area (TPSA) is 9.86 Å². The lowest BCUT2D eigenvalue weighted by atomic mass is 9.87. The predicted octanol–water partition coefficient (Wildman–Crippen LogP) is 13.1. The molecule has 0 bridgehead atoms. The lowest BCUT2D eigenvalue weighted by Crippen LogP contribution is -2.08. The highest BCUT2D eigenvalue weighted by molar-refractivity contribution is 6.10. The van der Waals surface area contributed by atoms with E-state index in [2.05, 4.69) is 195 Å². The highest BCUT2D eigenvalue weighted by Gasteiger charge is 2.22. The van der Waals surface area contributed by atoms with Crippen LogP contribution in [0.2, 0.25) is 0 Å². The average Bonchev–Trinajstić information content (AvgIpc) is 3.79. The van der Waals surface area contributed by atoms with Crippen LogP contribution >= 0.6 is 0 Å². The molecule has 8 aromatic rings. The van der Waals surface area contributed by atoms with Gasteiger partial charge in [-0.1, -0.05) is 106 Å². The zero-order chi connectivity index (χ0) is 34.7. The molecule has 1 aliphatic rings. The standard InChI is InChI=1S/C49H42N2/c1-5-6-8-16-40-28-38-13-11-12-17-46(38)50(40)41-23-21-37-27-36-20-19-34(29-42(36)43(37)31-41)35-22-25-48-45(30-35)44-26-33(32-49(2,3)4)18-24-47(44)51(48)39-14-9-7-10-15-39/h5-26,28-31H,27,32H2,1-4H3/b6-5-,16-8-. The zero-order valence-electron chi connectivity index (χ0n) is 29.8. The Morgan fingerprint density at radius 2 is 1.25 bits per heavy atom. The van der Waals surface area contributed by atoms with Gasteiger partial charge in [-0.25, -0.2) is 0 Å². The van der Waals surface area contributed by atoms with Gasteiger partial charge in [0.1, 0.15) is 0 Å². The molecule has 2 heterocycles. The summed E-state index contributed by atoms with van der Waals surface area (Å²) in [6.07, 6.45) is 10.5. The van der Waals surface area contributed by atoms with Gasteiger partial charge in [-0.3, -0.25) is 0 Å². The van der Waals surface area contributed by atoms with Crippen molar-refractivity contribution in [1.29, 1.82) is 0 Å². The van der Waals surface area contributed by atoms with Crippen LogP contribution in [0.4, 0.5) is 0 Å². The number of para-hydroxylation sites is 2. The molecule has 6 aromatic carbocycles. The maximum atomic E-state index is 2.43. The van der Waals surface area contributed by atoms with Gasteiger partial charge in [0.15, 0.2) is 0 Å². The van der Waals surface area contributed by atoms with Crippen molar-refractivity contribution in [3.63, 3.8) is 0 Å². The maximum absolute atomic E-state index is 2.43. The molecule has 1 aliphatic carbocycles. The predicted molar refractivity (Wildman–Crippen MR) is 218 cm³/mol. The maximum Gasteiger partial charge on any atom is 0.0541 e. The van der Waals surface area contributed by atoms with Gasteiger partial charge < -0.3 is 9.13 Å². The van der Waals surface area contributed by atoms with Crippen LogP contribution in [0, 0.1) is 5.41 Å². The fourth-order valence-corrected chi connectivity index (χ4v) is 8.15. The van der Waals surface area contributed by atoms with Crippen molar-refractivity contribution in [2.75, 3.05) is 0 Å². The molecule has 0 N–H and O–H groups in total. The van der Waals surface area contributed by atoms with Crippen molar-refractivity contribution < 1.29 is 0 Å². The Bertz CT molecular complexity index is 2670. The van der Waals surface area contributed by atoms with Crippen molar-refractivity contribution in [3.8, 4) is 33.6 Å². The van der Waals surface area contributed by atoms with Crippen molar-refractivity contribution >= 4 is 38.8 Å². The minimum atomic E-state index is 0.219. The molecule has 2 heteroatoms.